The van der Waals surface area contributed by atoms with Crippen LogP contribution in [0.4, 0.5) is 4.39 Å². The summed E-state index contributed by atoms with van der Waals surface area (Å²) in [6, 6.07) is 3.46. The van der Waals surface area contributed by atoms with Gasteiger partial charge in [-0.25, -0.2) is 4.39 Å². The molecule has 1 aromatic carbocycles. The van der Waals surface area contributed by atoms with Gasteiger partial charge in [0, 0.05) is 22.8 Å². The molecular formula is C10H9BrFN. The van der Waals surface area contributed by atoms with E-state index in [4.69, 9.17) is 0 Å². The van der Waals surface area contributed by atoms with Gasteiger partial charge in [-0.15, -0.1) is 0 Å². The Morgan fingerprint density at radius 2 is 2.15 bits per heavy atom. The van der Waals surface area contributed by atoms with Gasteiger partial charge < -0.3 is 0 Å². The van der Waals surface area contributed by atoms with Gasteiger partial charge in [-0.2, -0.15) is 0 Å². The fourth-order valence-electron chi connectivity index (χ4n) is 1.75. The lowest BCUT2D eigenvalue weighted by Gasteiger charge is -2.02. The van der Waals surface area contributed by atoms with Crippen molar-refractivity contribution in [3.63, 3.8) is 0 Å². The molecule has 1 aromatic rings. The summed E-state index contributed by atoms with van der Waals surface area (Å²) in [7, 11) is 1.71. The summed E-state index contributed by atoms with van der Waals surface area (Å²) in [5, 5.41) is 0. The van der Waals surface area contributed by atoms with Gasteiger partial charge in [0.05, 0.1) is 0 Å². The maximum atomic E-state index is 13.5. The second kappa shape index (κ2) is 3.22. The molecule has 0 bridgehead atoms. The summed E-state index contributed by atoms with van der Waals surface area (Å²) in [5.74, 6) is -0.164. The third-order valence-corrected chi connectivity index (χ3v) is 2.78. The largest absolute Gasteiger partial charge is 0.292 e. The van der Waals surface area contributed by atoms with Crippen LogP contribution in [0, 0.1) is 5.82 Å². The predicted molar refractivity (Wildman–Crippen MR) is 54.9 cm³/mol. The van der Waals surface area contributed by atoms with Crippen molar-refractivity contribution in [3.05, 3.63) is 33.5 Å². The number of hydrogen-bond acceptors (Lipinski definition) is 1. The first-order chi connectivity index (χ1) is 6.22. The number of aliphatic imine (C=N–C) groups is 1. The highest BCUT2D eigenvalue weighted by atomic mass is 79.9. The molecule has 0 aromatic heterocycles. The van der Waals surface area contributed by atoms with Gasteiger partial charge in [0.1, 0.15) is 5.82 Å². The van der Waals surface area contributed by atoms with Gasteiger partial charge >= 0.3 is 0 Å². The number of fused-ring (bicyclic) bond motifs is 1. The van der Waals surface area contributed by atoms with Crippen LogP contribution in [0.25, 0.3) is 0 Å². The van der Waals surface area contributed by atoms with Crippen molar-refractivity contribution < 1.29 is 4.39 Å². The average Bonchev–Trinajstić information content (AvgIpc) is 2.47. The van der Waals surface area contributed by atoms with E-state index >= 15 is 0 Å². The third-order valence-electron chi connectivity index (χ3n) is 2.33. The van der Waals surface area contributed by atoms with Gasteiger partial charge in [0.25, 0.3) is 0 Å². The zero-order valence-electron chi connectivity index (χ0n) is 7.27. The number of aryl methyl sites for hydroxylation is 1. The smallest absolute Gasteiger partial charge is 0.133 e. The predicted octanol–water partition coefficient (Wildman–Crippen LogP) is 2.95. The van der Waals surface area contributed by atoms with Crippen molar-refractivity contribution in [2.45, 2.75) is 12.8 Å². The molecular weight excluding hydrogens is 233 g/mol. The van der Waals surface area contributed by atoms with E-state index in [1.54, 1.807) is 7.05 Å². The maximum Gasteiger partial charge on any atom is 0.133 e. The quantitative estimate of drug-likeness (QED) is 0.663. The van der Waals surface area contributed by atoms with E-state index in [0.29, 0.717) is 5.56 Å². The Kier molecular flexibility index (Phi) is 2.20. The van der Waals surface area contributed by atoms with Gasteiger partial charge in [-0.1, -0.05) is 15.9 Å². The van der Waals surface area contributed by atoms with E-state index in [0.717, 1.165) is 28.6 Å². The maximum absolute atomic E-state index is 13.5. The molecule has 0 saturated heterocycles. The molecule has 0 atom stereocenters. The number of benzene rings is 1. The Morgan fingerprint density at radius 3 is 2.85 bits per heavy atom. The van der Waals surface area contributed by atoms with E-state index in [9.17, 15) is 4.39 Å². The normalized spacial score (nSPS) is 17.9. The first-order valence-electron chi connectivity index (χ1n) is 4.16. The molecule has 1 nitrogen and oxygen atoms in total. The highest BCUT2D eigenvalue weighted by Gasteiger charge is 2.21. The van der Waals surface area contributed by atoms with E-state index < -0.39 is 0 Å². The van der Waals surface area contributed by atoms with Gasteiger partial charge in [0.2, 0.25) is 0 Å². The molecule has 0 unspecified atom stereocenters. The standard InChI is InChI=1S/C10H9BrFN/c1-13-9-3-2-6-4-7(11)5-8(12)10(6)9/h4-5H,2-3H2,1H3/b13-9+. The lowest BCUT2D eigenvalue weighted by atomic mass is 10.1. The molecule has 0 heterocycles. The van der Waals surface area contributed by atoms with Crippen LogP contribution in [0.5, 0.6) is 0 Å². The van der Waals surface area contributed by atoms with Crippen molar-refractivity contribution in [1.29, 1.82) is 0 Å². The SMILES string of the molecule is C/N=C1\CCc2cc(Br)cc(F)c21. The van der Waals surface area contributed by atoms with Crippen LogP contribution in [-0.2, 0) is 6.42 Å². The van der Waals surface area contributed by atoms with Gasteiger partial charge in [-0.3, -0.25) is 4.99 Å². The van der Waals surface area contributed by atoms with Crippen molar-refractivity contribution in [2.24, 2.45) is 4.99 Å². The topological polar surface area (TPSA) is 12.4 Å². The summed E-state index contributed by atoms with van der Waals surface area (Å²) >= 11 is 3.28. The minimum absolute atomic E-state index is 0.164. The summed E-state index contributed by atoms with van der Waals surface area (Å²) in [6.07, 6.45) is 1.76. The molecule has 3 heteroatoms. The first kappa shape index (κ1) is 8.88. The van der Waals surface area contributed by atoms with E-state index in [2.05, 4.69) is 20.9 Å². The van der Waals surface area contributed by atoms with E-state index in [-0.39, 0.29) is 5.82 Å². The fourth-order valence-corrected chi connectivity index (χ4v) is 2.23. The molecule has 13 heavy (non-hydrogen) atoms. The molecule has 1 aliphatic carbocycles. The van der Waals surface area contributed by atoms with Crippen LogP contribution in [0.3, 0.4) is 0 Å². The van der Waals surface area contributed by atoms with E-state index in [1.165, 1.54) is 6.07 Å². The van der Waals surface area contributed by atoms with Crippen LogP contribution < -0.4 is 0 Å². The molecule has 0 amide bonds. The van der Waals surface area contributed by atoms with Crippen LogP contribution in [0.15, 0.2) is 21.6 Å². The fraction of sp³-hybridized carbons (Fsp3) is 0.300. The lowest BCUT2D eigenvalue weighted by Crippen LogP contribution is -1.98. The summed E-state index contributed by atoms with van der Waals surface area (Å²) in [5.41, 5.74) is 2.66. The van der Waals surface area contributed by atoms with Gasteiger partial charge in [0.15, 0.2) is 0 Å². The second-order valence-corrected chi connectivity index (χ2v) is 4.01. The van der Waals surface area contributed by atoms with Crippen molar-refractivity contribution in [1.82, 2.24) is 0 Å². The highest BCUT2D eigenvalue weighted by molar-refractivity contribution is 9.10. The Bertz CT molecular complexity index is 385. The van der Waals surface area contributed by atoms with E-state index in [1.807, 2.05) is 6.07 Å². The molecule has 1 aliphatic rings. The molecule has 0 aliphatic heterocycles. The third kappa shape index (κ3) is 1.41. The molecule has 0 N–H and O–H groups in total. The minimum atomic E-state index is -0.164. The number of rotatable bonds is 0. The first-order valence-corrected chi connectivity index (χ1v) is 4.95. The minimum Gasteiger partial charge on any atom is -0.292 e. The Hall–Kier alpha value is -0.700. The van der Waals surface area contributed by atoms with Crippen molar-refractivity contribution in [2.75, 3.05) is 7.05 Å². The molecule has 0 fully saturated rings. The van der Waals surface area contributed by atoms with Crippen molar-refractivity contribution in [3.8, 4) is 0 Å². The monoisotopic (exact) mass is 241 g/mol. The Balaban J connectivity index is 2.65. The van der Waals surface area contributed by atoms with Crippen molar-refractivity contribution >= 4 is 21.6 Å². The summed E-state index contributed by atoms with van der Waals surface area (Å²) in [6.45, 7) is 0. The van der Waals surface area contributed by atoms with Crippen LogP contribution in [0.1, 0.15) is 17.5 Å². The summed E-state index contributed by atoms with van der Waals surface area (Å²) < 4.78 is 14.3. The van der Waals surface area contributed by atoms with Gasteiger partial charge in [-0.05, 0) is 30.5 Å². The molecule has 0 saturated carbocycles. The average molecular weight is 242 g/mol. The molecule has 2 rings (SSSR count). The number of hydrogen-bond donors (Lipinski definition) is 0. The van der Waals surface area contributed by atoms with Crippen LogP contribution in [-0.4, -0.2) is 12.8 Å². The number of nitrogens with zero attached hydrogens (tertiary/aromatic N) is 1. The number of halogens is 2. The highest BCUT2D eigenvalue weighted by Crippen LogP contribution is 2.28. The molecule has 0 radical (unpaired) electrons. The van der Waals surface area contributed by atoms with Crippen LogP contribution in [0.2, 0.25) is 0 Å². The lowest BCUT2D eigenvalue weighted by molar-refractivity contribution is 0.624. The summed E-state index contributed by atoms with van der Waals surface area (Å²) in [4.78, 5) is 4.08. The zero-order chi connectivity index (χ0) is 9.42. The zero-order valence-corrected chi connectivity index (χ0v) is 8.86. The Labute approximate surface area is 84.8 Å². The molecule has 68 valence electrons. The second-order valence-electron chi connectivity index (χ2n) is 3.09. The van der Waals surface area contributed by atoms with Crippen LogP contribution >= 0.6 is 15.9 Å². The Morgan fingerprint density at radius 1 is 1.38 bits per heavy atom. The molecule has 0 spiro atoms.